The molecule has 0 aliphatic carbocycles. The number of rotatable bonds is 8. The standard InChI is InChI=1S/C27H26N2O3/c1-3-28(22-12-8-5-9-13-22)25-24(21-10-6-4-7-11-21)26(30)29(27(25)31)19-18-20-14-16-23(32-2)17-15-20/h4-17H,3,18-19H2,1-2H3. The molecular weight excluding hydrogens is 400 g/mol. The monoisotopic (exact) mass is 426 g/mol. The molecule has 0 atom stereocenters. The lowest BCUT2D eigenvalue weighted by Crippen LogP contribution is -2.36. The van der Waals surface area contributed by atoms with Crippen molar-refractivity contribution in [1.29, 1.82) is 0 Å². The summed E-state index contributed by atoms with van der Waals surface area (Å²) >= 11 is 0. The molecule has 1 heterocycles. The van der Waals surface area contributed by atoms with Gasteiger partial charge in [0, 0.05) is 18.8 Å². The number of para-hydroxylation sites is 1. The summed E-state index contributed by atoms with van der Waals surface area (Å²) in [6.07, 6.45) is 0.578. The fourth-order valence-corrected chi connectivity index (χ4v) is 3.99. The first-order valence-corrected chi connectivity index (χ1v) is 10.8. The highest BCUT2D eigenvalue weighted by atomic mass is 16.5. The Bertz CT molecular complexity index is 1120. The Balaban J connectivity index is 1.68. The number of hydrogen-bond acceptors (Lipinski definition) is 4. The fraction of sp³-hybridized carbons (Fsp3) is 0.185. The maximum Gasteiger partial charge on any atom is 0.278 e. The zero-order valence-corrected chi connectivity index (χ0v) is 18.3. The largest absolute Gasteiger partial charge is 0.497 e. The predicted molar refractivity (Wildman–Crippen MR) is 126 cm³/mol. The van der Waals surface area contributed by atoms with E-state index >= 15 is 0 Å². The Hall–Kier alpha value is -3.86. The van der Waals surface area contributed by atoms with E-state index in [9.17, 15) is 9.59 Å². The summed E-state index contributed by atoms with van der Waals surface area (Å²) in [5.41, 5.74) is 3.57. The second kappa shape index (κ2) is 9.52. The summed E-state index contributed by atoms with van der Waals surface area (Å²) in [6, 6.07) is 26.8. The lowest BCUT2D eigenvalue weighted by Gasteiger charge is -2.25. The minimum atomic E-state index is -0.256. The van der Waals surface area contributed by atoms with Crippen LogP contribution < -0.4 is 9.64 Å². The molecule has 1 aliphatic heterocycles. The van der Waals surface area contributed by atoms with Crippen LogP contribution in [0, 0.1) is 0 Å². The Labute approximate surface area is 188 Å². The summed E-state index contributed by atoms with van der Waals surface area (Å²) in [4.78, 5) is 30.4. The number of carbonyl (C=O) groups excluding carboxylic acids is 2. The topological polar surface area (TPSA) is 49.9 Å². The number of likely N-dealkylation sites (N-methyl/N-ethyl adjacent to an activating group) is 1. The molecule has 0 bridgehead atoms. The van der Waals surface area contributed by atoms with Gasteiger partial charge in [-0.05, 0) is 48.7 Å². The third-order valence-electron chi connectivity index (χ3n) is 5.64. The molecule has 0 spiro atoms. The minimum absolute atomic E-state index is 0.251. The zero-order valence-electron chi connectivity index (χ0n) is 18.3. The van der Waals surface area contributed by atoms with Crippen LogP contribution in [0.25, 0.3) is 5.57 Å². The van der Waals surface area contributed by atoms with Crippen molar-refractivity contribution in [3.63, 3.8) is 0 Å². The van der Waals surface area contributed by atoms with Crippen LogP contribution in [0.1, 0.15) is 18.1 Å². The number of imide groups is 1. The van der Waals surface area contributed by atoms with Gasteiger partial charge in [-0.25, -0.2) is 0 Å². The molecule has 3 aromatic rings. The molecule has 32 heavy (non-hydrogen) atoms. The molecule has 5 nitrogen and oxygen atoms in total. The third kappa shape index (κ3) is 4.14. The average molecular weight is 427 g/mol. The van der Waals surface area contributed by atoms with Gasteiger partial charge >= 0.3 is 0 Å². The Morgan fingerprint density at radius 3 is 2.03 bits per heavy atom. The number of nitrogens with zero attached hydrogens (tertiary/aromatic N) is 2. The smallest absolute Gasteiger partial charge is 0.278 e. The van der Waals surface area contributed by atoms with Gasteiger partial charge in [-0.2, -0.15) is 0 Å². The molecule has 3 aromatic carbocycles. The first kappa shape index (κ1) is 21.4. The van der Waals surface area contributed by atoms with Crippen LogP contribution in [0.4, 0.5) is 5.69 Å². The molecule has 0 radical (unpaired) electrons. The molecule has 1 aliphatic rings. The molecule has 0 saturated heterocycles. The first-order valence-electron chi connectivity index (χ1n) is 10.8. The minimum Gasteiger partial charge on any atom is -0.497 e. The molecule has 0 saturated carbocycles. The van der Waals surface area contributed by atoms with Crippen LogP contribution in [-0.2, 0) is 16.0 Å². The summed E-state index contributed by atoms with van der Waals surface area (Å²) < 4.78 is 5.21. The van der Waals surface area contributed by atoms with Gasteiger partial charge in [0.15, 0.2) is 0 Å². The summed E-state index contributed by atoms with van der Waals surface area (Å²) in [7, 11) is 1.63. The van der Waals surface area contributed by atoms with Crippen LogP contribution in [0.3, 0.4) is 0 Å². The summed E-state index contributed by atoms with van der Waals surface area (Å²) in [6.45, 7) is 2.87. The molecule has 4 rings (SSSR count). The number of benzene rings is 3. The lowest BCUT2D eigenvalue weighted by molar-refractivity contribution is -0.136. The molecule has 5 heteroatoms. The van der Waals surface area contributed by atoms with E-state index in [-0.39, 0.29) is 11.8 Å². The molecule has 2 amide bonds. The van der Waals surface area contributed by atoms with Crippen LogP contribution in [0.15, 0.2) is 90.6 Å². The van der Waals surface area contributed by atoms with Crippen LogP contribution >= 0.6 is 0 Å². The van der Waals surface area contributed by atoms with E-state index < -0.39 is 0 Å². The number of anilines is 1. The Morgan fingerprint density at radius 1 is 0.812 bits per heavy atom. The van der Waals surface area contributed by atoms with E-state index in [1.165, 1.54) is 4.90 Å². The van der Waals surface area contributed by atoms with Gasteiger partial charge in [0.25, 0.3) is 11.8 Å². The van der Waals surface area contributed by atoms with Crippen LogP contribution in [0.5, 0.6) is 5.75 Å². The number of methoxy groups -OCH3 is 1. The summed E-state index contributed by atoms with van der Waals surface area (Å²) in [5.74, 6) is 0.269. The highest BCUT2D eigenvalue weighted by Gasteiger charge is 2.41. The highest BCUT2D eigenvalue weighted by Crippen LogP contribution is 2.34. The Kier molecular flexibility index (Phi) is 6.36. The molecule has 0 unspecified atom stereocenters. The van der Waals surface area contributed by atoms with Crippen molar-refractivity contribution >= 4 is 23.1 Å². The van der Waals surface area contributed by atoms with Crippen molar-refractivity contribution in [2.45, 2.75) is 13.3 Å². The van der Waals surface area contributed by atoms with Gasteiger partial charge in [0.1, 0.15) is 11.4 Å². The zero-order chi connectivity index (χ0) is 22.5. The highest BCUT2D eigenvalue weighted by molar-refractivity contribution is 6.36. The normalized spacial score (nSPS) is 13.6. The van der Waals surface area contributed by atoms with Crippen molar-refractivity contribution in [2.24, 2.45) is 0 Å². The Morgan fingerprint density at radius 2 is 1.44 bits per heavy atom. The van der Waals surface area contributed by atoms with Crippen molar-refractivity contribution in [1.82, 2.24) is 4.90 Å². The quantitative estimate of drug-likeness (QED) is 0.496. The van der Waals surface area contributed by atoms with Crippen molar-refractivity contribution in [3.05, 3.63) is 102 Å². The maximum absolute atomic E-state index is 13.6. The molecule has 0 N–H and O–H groups in total. The van der Waals surface area contributed by atoms with Gasteiger partial charge in [-0.3, -0.25) is 14.5 Å². The predicted octanol–water partition coefficient (Wildman–Crippen LogP) is 4.54. The van der Waals surface area contributed by atoms with Gasteiger partial charge in [0.05, 0.1) is 12.7 Å². The SMILES string of the molecule is CCN(C1=C(c2ccccc2)C(=O)N(CCc2ccc(OC)cc2)C1=O)c1ccccc1. The second-order valence-corrected chi connectivity index (χ2v) is 7.53. The van der Waals surface area contributed by atoms with Crippen LogP contribution in [-0.4, -0.2) is 36.9 Å². The fourth-order valence-electron chi connectivity index (χ4n) is 3.99. The van der Waals surface area contributed by atoms with Crippen molar-refractivity contribution in [3.8, 4) is 5.75 Å². The lowest BCUT2D eigenvalue weighted by atomic mass is 10.0. The number of ether oxygens (including phenoxy) is 1. The third-order valence-corrected chi connectivity index (χ3v) is 5.64. The molecule has 0 aromatic heterocycles. The van der Waals surface area contributed by atoms with E-state index in [1.807, 2.05) is 96.8 Å². The van der Waals surface area contributed by atoms with E-state index in [1.54, 1.807) is 7.11 Å². The maximum atomic E-state index is 13.6. The van der Waals surface area contributed by atoms with E-state index in [0.717, 1.165) is 22.6 Å². The molecule has 162 valence electrons. The second-order valence-electron chi connectivity index (χ2n) is 7.53. The summed E-state index contributed by atoms with van der Waals surface area (Å²) in [5, 5.41) is 0. The molecule has 0 fully saturated rings. The average Bonchev–Trinajstić information content (AvgIpc) is 3.09. The van der Waals surface area contributed by atoms with Gasteiger partial charge in [0.2, 0.25) is 0 Å². The number of hydrogen-bond donors (Lipinski definition) is 0. The van der Waals surface area contributed by atoms with Gasteiger partial charge in [-0.1, -0.05) is 60.7 Å². The van der Waals surface area contributed by atoms with E-state index in [0.29, 0.717) is 30.8 Å². The van der Waals surface area contributed by atoms with Gasteiger partial charge < -0.3 is 9.64 Å². The first-order chi connectivity index (χ1) is 15.6. The van der Waals surface area contributed by atoms with Gasteiger partial charge in [-0.15, -0.1) is 0 Å². The van der Waals surface area contributed by atoms with Crippen molar-refractivity contribution < 1.29 is 14.3 Å². The van der Waals surface area contributed by atoms with E-state index in [2.05, 4.69) is 0 Å². The van der Waals surface area contributed by atoms with Crippen LogP contribution in [0.2, 0.25) is 0 Å². The van der Waals surface area contributed by atoms with Crippen molar-refractivity contribution in [2.75, 3.05) is 25.1 Å². The number of carbonyl (C=O) groups is 2. The molecular formula is C27H26N2O3. The number of amides is 2. The van der Waals surface area contributed by atoms with E-state index in [4.69, 9.17) is 4.74 Å².